The Morgan fingerprint density at radius 3 is 2.36 bits per heavy atom. The number of aromatic nitrogens is 1. The Hall–Kier alpha value is -1.91. The Bertz CT molecular complexity index is 601. The van der Waals surface area contributed by atoms with E-state index in [9.17, 15) is 9.59 Å². The molecular weight excluding hydrogens is 314 g/mol. The van der Waals surface area contributed by atoms with Crippen molar-refractivity contribution in [2.75, 3.05) is 6.54 Å². The summed E-state index contributed by atoms with van der Waals surface area (Å²) < 4.78 is 0. The molecule has 0 aromatic carbocycles. The molecule has 5 heteroatoms. The molecule has 1 fully saturated rings. The Morgan fingerprint density at radius 1 is 1.12 bits per heavy atom. The van der Waals surface area contributed by atoms with Crippen molar-refractivity contribution in [2.24, 2.45) is 11.8 Å². The van der Waals surface area contributed by atoms with Crippen LogP contribution < -0.4 is 10.6 Å². The van der Waals surface area contributed by atoms with Gasteiger partial charge >= 0.3 is 0 Å². The molecule has 2 rings (SSSR count). The van der Waals surface area contributed by atoms with E-state index in [-0.39, 0.29) is 23.7 Å². The van der Waals surface area contributed by atoms with Crippen molar-refractivity contribution in [1.29, 1.82) is 0 Å². The highest BCUT2D eigenvalue weighted by molar-refractivity contribution is 5.87. The lowest BCUT2D eigenvalue weighted by atomic mass is 9.78. The zero-order chi connectivity index (χ0) is 18.2. The predicted molar refractivity (Wildman–Crippen MR) is 98.9 cm³/mol. The standard InChI is InChI=1S/C20H31N3O2/c1-4-5-10-21-19(24)17-8-6-7-9-18(17)20(25)23-13-16-12-22-15(3)11-14(16)2/h11-12,17-18H,4-10,13H2,1-3H3,(H,21,24)(H,23,25). The summed E-state index contributed by atoms with van der Waals surface area (Å²) in [6.07, 6.45) is 7.50. The SMILES string of the molecule is CCCCNC(=O)C1CCCCC1C(=O)NCc1cnc(C)cc1C. The minimum atomic E-state index is -0.214. The van der Waals surface area contributed by atoms with Gasteiger partial charge in [-0.1, -0.05) is 26.2 Å². The molecule has 2 atom stereocenters. The van der Waals surface area contributed by atoms with Crippen molar-refractivity contribution >= 4 is 11.8 Å². The van der Waals surface area contributed by atoms with Gasteiger partial charge < -0.3 is 10.6 Å². The van der Waals surface area contributed by atoms with Gasteiger partial charge in [-0.25, -0.2) is 0 Å². The van der Waals surface area contributed by atoms with Crippen molar-refractivity contribution in [3.8, 4) is 0 Å². The summed E-state index contributed by atoms with van der Waals surface area (Å²) in [5.41, 5.74) is 3.13. The van der Waals surface area contributed by atoms with Gasteiger partial charge in [-0.2, -0.15) is 0 Å². The lowest BCUT2D eigenvalue weighted by Gasteiger charge is -2.29. The third kappa shape index (κ3) is 5.55. The highest BCUT2D eigenvalue weighted by atomic mass is 16.2. The molecule has 1 aromatic heterocycles. The van der Waals surface area contributed by atoms with Crippen LogP contribution in [0.4, 0.5) is 0 Å². The molecule has 0 bridgehead atoms. The van der Waals surface area contributed by atoms with Gasteiger partial charge in [0.25, 0.3) is 0 Å². The summed E-state index contributed by atoms with van der Waals surface area (Å²) in [5, 5.41) is 6.02. The maximum Gasteiger partial charge on any atom is 0.224 e. The van der Waals surface area contributed by atoms with E-state index in [1.807, 2.05) is 26.1 Å². The van der Waals surface area contributed by atoms with E-state index < -0.39 is 0 Å². The molecule has 2 amide bonds. The maximum absolute atomic E-state index is 12.7. The van der Waals surface area contributed by atoms with Crippen LogP contribution in [0.15, 0.2) is 12.3 Å². The first-order valence-corrected chi connectivity index (χ1v) is 9.50. The fourth-order valence-electron chi connectivity index (χ4n) is 3.50. The zero-order valence-corrected chi connectivity index (χ0v) is 15.7. The van der Waals surface area contributed by atoms with Gasteiger partial charge in [-0.3, -0.25) is 14.6 Å². The Labute approximate surface area is 151 Å². The normalized spacial score (nSPS) is 20.1. The number of nitrogens with one attached hydrogen (secondary N) is 2. The first-order chi connectivity index (χ1) is 12.0. The summed E-state index contributed by atoms with van der Waals surface area (Å²) in [6.45, 7) is 7.26. The summed E-state index contributed by atoms with van der Waals surface area (Å²) in [5.74, 6) is -0.367. The zero-order valence-electron chi connectivity index (χ0n) is 15.7. The van der Waals surface area contributed by atoms with E-state index >= 15 is 0 Å². The van der Waals surface area contributed by atoms with E-state index in [2.05, 4.69) is 22.5 Å². The smallest absolute Gasteiger partial charge is 0.224 e. The minimum absolute atomic E-state index is 0.00434. The minimum Gasteiger partial charge on any atom is -0.356 e. The van der Waals surface area contributed by atoms with Crippen LogP contribution in [0.5, 0.6) is 0 Å². The lowest BCUT2D eigenvalue weighted by Crippen LogP contribution is -2.43. The molecule has 2 N–H and O–H groups in total. The van der Waals surface area contributed by atoms with Crippen LogP contribution >= 0.6 is 0 Å². The van der Waals surface area contributed by atoms with Gasteiger partial charge in [0.05, 0.1) is 0 Å². The molecule has 1 heterocycles. The molecular formula is C20H31N3O2. The fourth-order valence-corrected chi connectivity index (χ4v) is 3.50. The molecule has 0 spiro atoms. The Kier molecular flexibility index (Phi) is 7.41. The van der Waals surface area contributed by atoms with Crippen LogP contribution in [0.2, 0.25) is 0 Å². The first kappa shape index (κ1) is 19.4. The number of aryl methyl sites for hydroxylation is 2. The molecule has 1 aliphatic carbocycles. The van der Waals surface area contributed by atoms with Gasteiger partial charge in [-0.05, 0) is 50.3 Å². The third-order valence-corrected chi connectivity index (χ3v) is 5.08. The second-order valence-electron chi connectivity index (χ2n) is 7.11. The first-order valence-electron chi connectivity index (χ1n) is 9.50. The Balaban J connectivity index is 1.94. The van der Waals surface area contributed by atoms with Crippen LogP contribution in [-0.4, -0.2) is 23.3 Å². The topological polar surface area (TPSA) is 71.1 Å². The number of pyridine rings is 1. The predicted octanol–water partition coefficient (Wildman–Crippen LogP) is 3.04. The molecule has 0 saturated heterocycles. The fraction of sp³-hybridized carbons (Fsp3) is 0.650. The van der Waals surface area contributed by atoms with E-state index in [0.717, 1.165) is 55.3 Å². The van der Waals surface area contributed by atoms with Gasteiger partial charge in [0.2, 0.25) is 11.8 Å². The van der Waals surface area contributed by atoms with E-state index in [1.54, 1.807) is 0 Å². The number of nitrogens with zero attached hydrogens (tertiary/aromatic N) is 1. The van der Waals surface area contributed by atoms with E-state index in [4.69, 9.17) is 0 Å². The van der Waals surface area contributed by atoms with Crippen molar-refractivity contribution in [3.63, 3.8) is 0 Å². The quantitative estimate of drug-likeness (QED) is 0.746. The van der Waals surface area contributed by atoms with Crippen LogP contribution in [0, 0.1) is 25.7 Å². The molecule has 25 heavy (non-hydrogen) atoms. The number of carbonyl (C=O) groups excluding carboxylic acids is 2. The molecule has 1 aliphatic rings. The van der Waals surface area contributed by atoms with Crippen LogP contribution in [-0.2, 0) is 16.1 Å². The molecule has 1 aromatic rings. The second-order valence-corrected chi connectivity index (χ2v) is 7.11. The molecule has 0 aliphatic heterocycles. The number of rotatable bonds is 7. The second kappa shape index (κ2) is 9.54. The number of hydrogen-bond donors (Lipinski definition) is 2. The highest BCUT2D eigenvalue weighted by Crippen LogP contribution is 2.30. The monoisotopic (exact) mass is 345 g/mol. The summed E-state index contributed by atoms with van der Waals surface area (Å²) in [7, 11) is 0. The van der Waals surface area contributed by atoms with Gasteiger partial charge in [0, 0.05) is 36.8 Å². The van der Waals surface area contributed by atoms with E-state index in [1.165, 1.54) is 0 Å². The van der Waals surface area contributed by atoms with Gasteiger partial charge in [-0.15, -0.1) is 0 Å². The average molecular weight is 345 g/mol. The summed E-state index contributed by atoms with van der Waals surface area (Å²) in [4.78, 5) is 29.4. The number of unbranched alkanes of at least 4 members (excludes halogenated alkanes) is 1. The molecule has 2 unspecified atom stereocenters. The van der Waals surface area contributed by atoms with Crippen LogP contribution in [0.1, 0.15) is 62.3 Å². The van der Waals surface area contributed by atoms with Crippen molar-refractivity contribution in [3.05, 3.63) is 29.1 Å². The molecule has 0 radical (unpaired) electrons. The van der Waals surface area contributed by atoms with Crippen LogP contribution in [0.25, 0.3) is 0 Å². The lowest BCUT2D eigenvalue weighted by molar-refractivity contribution is -0.136. The third-order valence-electron chi connectivity index (χ3n) is 5.08. The number of hydrogen-bond acceptors (Lipinski definition) is 3. The number of carbonyl (C=O) groups is 2. The van der Waals surface area contributed by atoms with Crippen molar-refractivity contribution in [2.45, 2.75) is 65.8 Å². The van der Waals surface area contributed by atoms with Crippen LogP contribution in [0.3, 0.4) is 0 Å². The molecule has 1 saturated carbocycles. The number of amides is 2. The van der Waals surface area contributed by atoms with Crippen molar-refractivity contribution in [1.82, 2.24) is 15.6 Å². The van der Waals surface area contributed by atoms with E-state index in [0.29, 0.717) is 13.1 Å². The summed E-state index contributed by atoms with van der Waals surface area (Å²) in [6, 6.07) is 2.02. The summed E-state index contributed by atoms with van der Waals surface area (Å²) >= 11 is 0. The van der Waals surface area contributed by atoms with Gasteiger partial charge in [0.15, 0.2) is 0 Å². The van der Waals surface area contributed by atoms with Gasteiger partial charge in [0.1, 0.15) is 0 Å². The maximum atomic E-state index is 12.7. The molecule has 5 nitrogen and oxygen atoms in total. The average Bonchev–Trinajstić information content (AvgIpc) is 2.61. The molecule has 138 valence electrons. The van der Waals surface area contributed by atoms with Crippen molar-refractivity contribution < 1.29 is 9.59 Å². The Morgan fingerprint density at radius 2 is 1.76 bits per heavy atom. The largest absolute Gasteiger partial charge is 0.356 e. The highest BCUT2D eigenvalue weighted by Gasteiger charge is 2.35.